The molecular weight excluding hydrogens is 275 g/mol. The number of nitrogens with one attached hydrogen (secondary N) is 1. The van der Waals surface area contributed by atoms with Crippen LogP contribution in [0.2, 0.25) is 5.02 Å². The summed E-state index contributed by atoms with van der Waals surface area (Å²) in [7, 11) is 0. The van der Waals surface area contributed by atoms with E-state index < -0.39 is 11.7 Å². The van der Waals surface area contributed by atoms with Crippen molar-refractivity contribution in [1.82, 2.24) is 0 Å². The minimum atomic E-state index is -4.38. The fourth-order valence-electron chi connectivity index (χ4n) is 2.67. The standard InChI is InChI=1S/C14H17ClF3N/c1-2-9-3-5-11(7-9)19-13-6-4-10(15)8-12(13)14(16,17)18/h4,6,8-9,11,19H,2-3,5,7H2,1H3. The topological polar surface area (TPSA) is 12.0 Å². The van der Waals surface area contributed by atoms with E-state index in [1.54, 1.807) is 0 Å². The smallest absolute Gasteiger partial charge is 0.382 e. The lowest BCUT2D eigenvalue weighted by molar-refractivity contribution is -0.137. The summed E-state index contributed by atoms with van der Waals surface area (Å²) in [5.74, 6) is 0.624. The molecule has 106 valence electrons. The van der Waals surface area contributed by atoms with Crippen molar-refractivity contribution in [3.63, 3.8) is 0 Å². The highest BCUT2D eigenvalue weighted by atomic mass is 35.5. The number of rotatable bonds is 3. The first kappa shape index (κ1) is 14.5. The summed E-state index contributed by atoms with van der Waals surface area (Å²) >= 11 is 5.66. The lowest BCUT2D eigenvalue weighted by atomic mass is 10.1. The van der Waals surface area contributed by atoms with Crippen LogP contribution in [0.25, 0.3) is 0 Å². The van der Waals surface area contributed by atoms with Gasteiger partial charge >= 0.3 is 6.18 Å². The molecule has 1 aromatic rings. The van der Waals surface area contributed by atoms with Gasteiger partial charge in [-0.25, -0.2) is 0 Å². The molecule has 5 heteroatoms. The van der Waals surface area contributed by atoms with Crippen LogP contribution >= 0.6 is 11.6 Å². The van der Waals surface area contributed by atoms with Crippen molar-refractivity contribution < 1.29 is 13.2 Å². The van der Waals surface area contributed by atoms with Gasteiger partial charge in [0.1, 0.15) is 0 Å². The molecule has 1 fully saturated rings. The fourth-order valence-corrected chi connectivity index (χ4v) is 2.85. The van der Waals surface area contributed by atoms with Gasteiger partial charge in [-0.05, 0) is 43.4 Å². The maximum atomic E-state index is 12.9. The van der Waals surface area contributed by atoms with Crippen LogP contribution in [0.1, 0.15) is 38.2 Å². The second-order valence-corrected chi connectivity index (χ2v) is 5.55. The molecule has 1 aliphatic carbocycles. The van der Waals surface area contributed by atoms with E-state index in [1.807, 2.05) is 0 Å². The predicted molar refractivity (Wildman–Crippen MR) is 71.5 cm³/mol. The van der Waals surface area contributed by atoms with Crippen molar-refractivity contribution in [2.75, 3.05) is 5.32 Å². The molecule has 1 aromatic carbocycles. The van der Waals surface area contributed by atoms with Gasteiger partial charge in [0.2, 0.25) is 0 Å². The van der Waals surface area contributed by atoms with Gasteiger partial charge in [0.25, 0.3) is 0 Å². The Morgan fingerprint density at radius 2 is 2.05 bits per heavy atom. The molecule has 1 nitrogen and oxygen atoms in total. The van der Waals surface area contributed by atoms with E-state index in [-0.39, 0.29) is 16.8 Å². The number of benzene rings is 1. The van der Waals surface area contributed by atoms with Crippen LogP contribution in [0.15, 0.2) is 18.2 Å². The number of hydrogen-bond donors (Lipinski definition) is 1. The summed E-state index contributed by atoms with van der Waals surface area (Å²) in [5, 5.41) is 3.14. The van der Waals surface area contributed by atoms with Crippen LogP contribution in [-0.4, -0.2) is 6.04 Å². The largest absolute Gasteiger partial charge is 0.418 e. The Bertz CT molecular complexity index is 445. The zero-order chi connectivity index (χ0) is 14.0. The third-order valence-corrected chi connectivity index (χ3v) is 4.00. The molecule has 2 unspecified atom stereocenters. The maximum absolute atomic E-state index is 12.9. The van der Waals surface area contributed by atoms with E-state index in [0.29, 0.717) is 5.92 Å². The number of hydrogen-bond acceptors (Lipinski definition) is 1. The van der Waals surface area contributed by atoms with Crippen LogP contribution in [0.4, 0.5) is 18.9 Å². The van der Waals surface area contributed by atoms with Gasteiger partial charge in [0, 0.05) is 16.8 Å². The fraction of sp³-hybridized carbons (Fsp3) is 0.571. The zero-order valence-electron chi connectivity index (χ0n) is 10.7. The molecule has 0 aromatic heterocycles. The van der Waals surface area contributed by atoms with Gasteiger partial charge in [0.15, 0.2) is 0 Å². The highest BCUT2D eigenvalue weighted by Gasteiger charge is 2.35. The quantitative estimate of drug-likeness (QED) is 0.791. The molecule has 0 spiro atoms. The van der Waals surface area contributed by atoms with Crippen molar-refractivity contribution in [3.05, 3.63) is 28.8 Å². The second-order valence-electron chi connectivity index (χ2n) is 5.12. The van der Waals surface area contributed by atoms with Crippen LogP contribution in [0, 0.1) is 5.92 Å². The molecule has 1 aliphatic rings. The van der Waals surface area contributed by atoms with Crippen LogP contribution in [-0.2, 0) is 6.18 Å². The summed E-state index contributed by atoms with van der Waals surface area (Å²) in [6, 6.07) is 4.03. The molecule has 0 aliphatic heterocycles. The number of halogens is 4. The summed E-state index contributed by atoms with van der Waals surface area (Å²) < 4.78 is 38.8. The van der Waals surface area contributed by atoms with Crippen molar-refractivity contribution in [2.45, 2.75) is 44.8 Å². The summed E-state index contributed by atoms with van der Waals surface area (Å²) in [6.45, 7) is 2.12. The van der Waals surface area contributed by atoms with Gasteiger partial charge in [-0.3, -0.25) is 0 Å². The molecular formula is C14H17ClF3N. The van der Waals surface area contributed by atoms with E-state index in [2.05, 4.69) is 12.2 Å². The Balaban J connectivity index is 2.16. The predicted octanol–water partition coefficient (Wildman–Crippen LogP) is 5.35. The first-order chi connectivity index (χ1) is 8.90. The summed E-state index contributed by atoms with van der Waals surface area (Å²) in [6.07, 6.45) is -0.334. The van der Waals surface area contributed by atoms with Crippen molar-refractivity contribution in [2.24, 2.45) is 5.92 Å². The van der Waals surface area contributed by atoms with Crippen LogP contribution in [0.3, 0.4) is 0 Å². The van der Waals surface area contributed by atoms with E-state index in [1.165, 1.54) is 12.1 Å². The molecule has 19 heavy (non-hydrogen) atoms. The van der Waals surface area contributed by atoms with E-state index in [4.69, 9.17) is 11.6 Å². The highest BCUT2D eigenvalue weighted by Crippen LogP contribution is 2.38. The molecule has 0 radical (unpaired) electrons. The number of alkyl halides is 3. The Morgan fingerprint density at radius 3 is 2.63 bits per heavy atom. The first-order valence-electron chi connectivity index (χ1n) is 6.53. The highest BCUT2D eigenvalue weighted by molar-refractivity contribution is 6.30. The molecule has 2 rings (SSSR count). The zero-order valence-corrected chi connectivity index (χ0v) is 11.5. The monoisotopic (exact) mass is 291 g/mol. The van der Waals surface area contributed by atoms with Gasteiger partial charge in [-0.1, -0.05) is 24.9 Å². The average molecular weight is 292 g/mol. The van der Waals surface area contributed by atoms with E-state index in [0.717, 1.165) is 31.7 Å². The third-order valence-electron chi connectivity index (χ3n) is 3.77. The normalized spacial score (nSPS) is 23.6. The summed E-state index contributed by atoms with van der Waals surface area (Å²) in [5.41, 5.74) is -0.543. The second kappa shape index (κ2) is 5.61. The van der Waals surface area contributed by atoms with Crippen LogP contribution < -0.4 is 5.32 Å². The Morgan fingerprint density at radius 1 is 1.32 bits per heavy atom. The molecule has 1 N–H and O–H groups in total. The van der Waals surface area contributed by atoms with E-state index in [9.17, 15) is 13.2 Å². The first-order valence-corrected chi connectivity index (χ1v) is 6.91. The summed E-state index contributed by atoms with van der Waals surface area (Å²) in [4.78, 5) is 0. The lowest BCUT2D eigenvalue weighted by Gasteiger charge is -2.19. The Labute approximate surface area is 116 Å². The van der Waals surface area contributed by atoms with Gasteiger partial charge < -0.3 is 5.32 Å². The minimum Gasteiger partial charge on any atom is -0.382 e. The van der Waals surface area contributed by atoms with Gasteiger partial charge in [-0.15, -0.1) is 0 Å². The van der Waals surface area contributed by atoms with Gasteiger partial charge in [-0.2, -0.15) is 13.2 Å². The molecule has 0 saturated heterocycles. The third kappa shape index (κ3) is 3.56. The molecule has 2 atom stereocenters. The van der Waals surface area contributed by atoms with Crippen molar-refractivity contribution >= 4 is 17.3 Å². The number of anilines is 1. The van der Waals surface area contributed by atoms with E-state index >= 15 is 0 Å². The SMILES string of the molecule is CCC1CCC(Nc2ccc(Cl)cc2C(F)(F)F)C1. The molecule has 0 heterocycles. The molecule has 0 amide bonds. The van der Waals surface area contributed by atoms with Gasteiger partial charge in [0.05, 0.1) is 5.56 Å². The molecule has 0 bridgehead atoms. The van der Waals surface area contributed by atoms with Crippen molar-refractivity contribution in [1.29, 1.82) is 0 Å². The minimum absolute atomic E-state index is 0.107. The van der Waals surface area contributed by atoms with Crippen molar-refractivity contribution in [3.8, 4) is 0 Å². The Kier molecular flexibility index (Phi) is 4.29. The Hall–Kier alpha value is -0.900. The maximum Gasteiger partial charge on any atom is 0.418 e. The lowest BCUT2D eigenvalue weighted by Crippen LogP contribution is -2.19. The van der Waals surface area contributed by atoms with Crippen LogP contribution in [0.5, 0.6) is 0 Å². The molecule has 1 saturated carbocycles. The average Bonchev–Trinajstić information content (AvgIpc) is 2.78.